The van der Waals surface area contributed by atoms with Crippen LogP contribution in [0.3, 0.4) is 0 Å². The lowest BCUT2D eigenvalue weighted by atomic mass is 10.0. The van der Waals surface area contributed by atoms with Crippen molar-refractivity contribution in [2.45, 2.75) is 24.9 Å². The van der Waals surface area contributed by atoms with Gasteiger partial charge in [0.2, 0.25) is 0 Å². The summed E-state index contributed by atoms with van der Waals surface area (Å²) in [7, 11) is 7.88. The van der Waals surface area contributed by atoms with Crippen molar-refractivity contribution in [3.63, 3.8) is 0 Å². The molecule has 1 aliphatic heterocycles. The number of nitrogens with one attached hydrogen (secondary N) is 2. The highest BCUT2D eigenvalue weighted by atomic mass is 15.3. The third kappa shape index (κ3) is 5.30. The van der Waals surface area contributed by atoms with Gasteiger partial charge in [0.25, 0.3) is 0 Å². The number of rotatable bonds is 6. The summed E-state index contributed by atoms with van der Waals surface area (Å²) < 4.78 is 1.83. The first-order chi connectivity index (χ1) is 14.5. The highest BCUT2D eigenvalue weighted by Crippen LogP contribution is 2.23. The number of hydrogen-bond donors (Lipinski definition) is 2. The predicted molar refractivity (Wildman–Crippen MR) is 121 cm³/mol. The molecule has 1 aromatic heterocycles. The summed E-state index contributed by atoms with van der Waals surface area (Å²) in [6, 6.07) is 10.6. The summed E-state index contributed by atoms with van der Waals surface area (Å²) in [5.74, 6) is 0.797. The number of hydrogen-bond acceptors (Lipinski definition) is 5. The van der Waals surface area contributed by atoms with Crippen LogP contribution in [0.4, 0.5) is 5.69 Å². The SMILES string of the molecule is CN=C(NCC(c1cnn(C)c1)N(C)C)NC1CCCN(c2ccccc2C#N)C1. The van der Waals surface area contributed by atoms with E-state index < -0.39 is 0 Å². The van der Waals surface area contributed by atoms with E-state index in [0.717, 1.165) is 49.7 Å². The van der Waals surface area contributed by atoms with Crippen LogP contribution in [0.25, 0.3) is 0 Å². The monoisotopic (exact) mass is 408 g/mol. The van der Waals surface area contributed by atoms with Crippen molar-refractivity contribution in [1.29, 1.82) is 5.26 Å². The first-order valence-electron chi connectivity index (χ1n) is 10.4. The van der Waals surface area contributed by atoms with Crippen molar-refractivity contribution in [3.05, 3.63) is 47.8 Å². The molecular weight excluding hydrogens is 376 g/mol. The number of para-hydroxylation sites is 1. The molecule has 3 rings (SSSR count). The number of piperidine rings is 1. The van der Waals surface area contributed by atoms with Crippen LogP contribution in [0.15, 0.2) is 41.7 Å². The zero-order chi connectivity index (χ0) is 21.5. The topological polar surface area (TPSA) is 84.5 Å². The van der Waals surface area contributed by atoms with E-state index in [1.165, 1.54) is 5.56 Å². The summed E-state index contributed by atoms with van der Waals surface area (Å²) in [6.45, 7) is 2.54. The summed E-state index contributed by atoms with van der Waals surface area (Å²) in [4.78, 5) is 8.90. The summed E-state index contributed by atoms with van der Waals surface area (Å²) >= 11 is 0. The Labute approximate surface area is 179 Å². The van der Waals surface area contributed by atoms with Gasteiger partial charge in [0.05, 0.1) is 23.5 Å². The highest BCUT2D eigenvalue weighted by Gasteiger charge is 2.23. The number of aryl methyl sites for hydroxylation is 1. The van der Waals surface area contributed by atoms with E-state index in [1.807, 2.05) is 48.4 Å². The molecule has 1 aromatic carbocycles. The minimum atomic E-state index is 0.197. The molecule has 2 unspecified atom stereocenters. The van der Waals surface area contributed by atoms with Crippen LogP contribution in [0.1, 0.15) is 30.0 Å². The van der Waals surface area contributed by atoms with Gasteiger partial charge < -0.3 is 20.4 Å². The fraction of sp³-hybridized carbons (Fsp3) is 0.500. The molecule has 0 amide bonds. The summed E-state index contributed by atoms with van der Waals surface area (Å²) in [5, 5.41) is 20.8. The maximum Gasteiger partial charge on any atom is 0.191 e. The zero-order valence-electron chi connectivity index (χ0n) is 18.3. The van der Waals surface area contributed by atoms with Gasteiger partial charge in [-0.1, -0.05) is 12.1 Å². The van der Waals surface area contributed by atoms with Crippen LogP contribution in [0, 0.1) is 11.3 Å². The van der Waals surface area contributed by atoms with Gasteiger partial charge in [0, 0.05) is 51.5 Å². The Morgan fingerprint density at radius 3 is 2.87 bits per heavy atom. The quantitative estimate of drug-likeness (QED) is 0.559. The molecule has 0 aliphatic carbocycles. The van der Waals surface area contributed by atoms with Gasteiger partial charge in [-0.3, -0.25) is 9.67 Å². The number of nitrogens with zero attached hydrogens (tertiary/aromatic N) is 6. The molecule has 0 bridgehead atoms. The van der Waals surface area contributed by atoms with E-state index in [1.54, 1.807) is 7.05 Å². The molecular formula is C22H32N8. The number of anilines is 1. The van der Waals surface area contributed by atoms with E-state index in [0.29, 0.717) is 0 Å². The van der Waals surface area contributed by atoms with Crippen LogP contribution < -0.4 is 15.5 Å². The van der Waals surface area contributed by atoms with Gasteiger partial charge in [-0.15, -0.1) is 0 Å². The molecule has 0 radical (unpaired) electrons. The van der Waals surface area contributed by atoms with Crippen molar-refractivity contribution in [2.24, 2.45) is 12.0 Å². The summed E-state index contributed by atoms with van der Waals surface area (Å²) in [5.41, 5.74) is 2.91. The van der Waals surface area contributed by atoms with Gasteiger partial charge in [-0.05, 0) is 39.1 Å². The highest BCUT2D eigenvalue weighted by molar-refractivity contribution is 5.80. The van der Waals surface area contributed by atoms with Crippen molar-refractivity contribution < 1.29 is 0 Å². The normalized spacial score (nSPS) is 18.2. The third-order valence-electron chi connectivity index (χ3n) is 5.55. The van der Waals surface area contributed by atoms with Gasteiger partial charge >= 0.3 is 0 Å². The fourth-order valence-electron chi connectivity index (χ4n) is 3.95. The number of benzene rings is 1. The van der Waals surface area contributed by atoms with E-state index >= 15 is 0 Å². The van der Waals surface area contributed by atoms with Crippen LogP contribution in [0.2, 0.25) is 0 Å². The number of nitriles is 1. The lowest BCUT2D eigenvalue weighted by molar-refractivity contribution is 0.297. The second kappa shape index (κ2) is 10.1. The van der Waals surface area contributed by atoms with Crippen molar-refractivity contribution in [1.82, 2.24) is 25.3 Å². The lowest BCUT2D eigenvalue weighted by Crippen LogP contribution is -2.52. The Balaban J connectivity index is 1.60. The van der Waals surface area contributed by atoms with Crippen LogP contribution in [-0.2, 0) is 7.05 Å². The number of aliphatic imine (C=N–C) groups is 1. The smallest absolute Gasteiger partial charge is 0.191 e. The second-order valence-electron chi connectivity index (χ2n) is 7.94. The number of guanidine groups is 1. The first-order valence-corrected chi connectivity index (χ1v) is 10.4. The second-order valence-corrected chi connectivity index (χ2v) is 7.94. The minimum absolute atomic E-state index is 0.197. The number of likely N-dealkylation sites (N-methyl/N-ethyl adjacent to an activating group) is 1. The maximum atomic E-state index is 9.43. The molecule has 0 spiro atoms. The summed E-state index contributed by atoms with van der Waals surface area (Å²) in [6.07, 6.45) is 6.11. The Morgan fingerprint density at radius 1 is 1.40 bits per heavy atom. The van der Waals surface area contributed by atoms with E-state index in [9.17, 15) is 5.26 Å². The standard InChI is InChI=1S/C22H32N8/c1-24-22(25-14-21(28(2)3)18-13-26-29(4)15-18)27-19-9-7-11-30(16-19)20-10-6-5-8-17(20)12-23/h5-6,8,10,13,15,19,21H,7,9,11,14,16H2,1-4H3,(H2,24,25,27). The Morgan fingerprint density at radius 2 is 2.20 bits per heavy atom. The minimum Gasteiger partial charge on any atom is -0.368 e. The first kappa shape index (κ1) is 21.7. The molecule has 0 saturated carbocycles. The average molecular weight is 409 g/mol. The van der Waals surface area contributed by atoms with Crippen LogP contribution in [0.5, 0.6) is 0 Å². The Bertz CT molecular complexity index is 895. The molecule has 30 heavy (non-hydrogen) atoms. The molecule has 1 saturated heterocycles. The fourth-order valence-corrected chi connectivity index (χ4v) is 3.95. The average Bonchev–Trinajstić information content (AvgIpc) is 3.18. The molecule has 1 aliphatic rings. The predicted octanol–water partition coefficient (Wildman–Crippen LogP) is 1.73. The van der Waals surface area contributed by atoms with Gasteiger partial charge in [0.1, 0.15) is 6.07 Å². The van der Waals surface area contributed by atoms with E-state index in [-0.39, 0.29) is 12.1 Å². The number of aromatic nitrogens is 2. The lowest BCUT2D eigenvalue weighted by Gasteiger charge is -2.36. The van der Waals surface area contributed by atoms with Crippen molar-refractivity contribution in [3.8, 4) is 6.07 Å². The largest absolute Gasteiger partial charge is 0.368 e. The Hall–Kier alpha value is -3.05. The van der Waals surface area contributed by atoms with Gasteiger partial charge in [-0.25, -0.2) is 0 Å². The van der Waals surface area contributed by atoms with Gasteiger partial charge in [0.15, 0.2) is 5.96 Å². The zero-order valence-corrected chi connectivity index (χ0v) is 18.3. The van der Waals surface area contributed by atoms with Crippen LogP contribution >= 0.6 is 0 Å². The molecule has 8 heteroatoms. The van der Waals surface area contributed by atoms with E-state index in [2.05, 4.69) is 50.7 Å². The molecule has 160 valence electrons. The van der Waals surface area contributed by atoms with Crippen molar-refractivity contribution >= 4 is 11.6 Å². The molecule has 2 atom stereocenters. The molecule has 1 fully saturated rings. The third-order valence-corrected chi connectivity index (χ3v) is 5.55. The molecule has 8 nitrogen and oxygen atoms in total. The molecule has 2 N–H and O–H groups in total. The Kier molecular flexibility index (Phi) is 7.31. The molecule has 2 aromatic rings. The maximum absolute atomic E-state index is 9.43. The van der Waals surface area contributed by atoms with Crippen molar-refractivity contribution in [2.75, 3.05) is 45.7 Å². The van der Waals surface area contributed by atoms with Crippen LogP contribution in [-0.4, -0.2) is 67.5 Å². The van der Waals surface area contributed by atoms with Gasteiger partial charge in [-0.2, -0.15) is 10.4 Å². The molecule has 2 heterocycles. The van der Waals surface area contributed by atoms with E-state index in [4.69, 9.17) is 0 Å².